The molecule has 1 fully saturated rings. The average molecular weight is 279 g/mol. The molecule has 0 aliphatic carbocycles. The van der Waals surface area contributed by atoms with Crippen LogP contribution >= 0.6 is 0 Å². The third-order valence-electron chi connectivity index (χ3n) is 3.39. The van der Waals surface area contributed by atoms with Crippen LogP contribution in [0.25, 0.3) is 0 Å². The van der Waals surface area contributed by atoms with Crippen LogP contribution in [0.3, 0.4) is 0 Å². The second-order valence-electron chi connectivity index (χ2n) is 5.01. The van der Waals surface area contributed by atoms with Crippen molar-refractivity contribution in [2.24, 2.45) is 0 Å². The Morgan fingerprint density at radius 1 is 1.55 bits per heavy atom. The molecule has 1 aliphatic heterocycles. The number of benzene rings is 1. The van der Waals surface area contributed by atoms with Crippen molar-refractivity contribution < 1.29 is 14.6 Å². The van der Waals surface area contributed by atoms with Crippen molar-refractivity contribution in [1.29, 1.82) is 0 Å². The number of ether oxygens (including phenoxy) is 1. The largest absolute Gasteiger partial charge is 0.397 e. The molecule has 2 rings (SSSR count). The minimum absolute atomic E-state index is 0.0168. The number of aliphatic hydroxyl groups excluding tert-OH is 1. The number of nitrogens with one attached hydrogen (secondary N) is 1. The van der Waals surface area contributed by atoms with E-state index in [-0.39, 0.29) is 24.7 Å². The SMILES string of the molecule is CNC(=O)c1ccc(N2CC(C)OC(CO)C2)c(N)c1. The highest BCUT2D eigenvalue weighted by atomic mass is 16.5. The molecule has 1 aliphatic rings. The number of morpholine rings is 1. The second kappa shape index (κ2) is 6.11. The summed E-state index contributed by atoms with van der Waals surface area (Å²) in [7, 11) is 1.59. The Morgan fingerprint density at radius 3 is 2.90 bits per heavy atom. The number of amides is 1. The van der Waals surface area contributed by atoms with Gasteiger partial charge in [0.2, 0.25) is 0 Å². The fraction of sp³-hybridized carbons (Fsp3) is 0.500. The number of hydrogen-bond acceptors (Lipinski definition) is 5. The Bertz CT molecular complexity index is 493. The van der Waals surface area contributed by atoms with E-state index in [9.17, 15) is 9.90 Å². The van der Waals surface area contributed by atoms with Gasteiger partial charge in [0.05, 0.1) is 30.2 Å². The summed E-state index contributed by atoms with van der Waals surface area (Å²) in [4.78, 5) is 13.7. The summed E-state index contributed by atoms with van der Waals surface area (Å²) in [6.45, 7) is 3.24. The Hall–Kier alpha value is -1.79. The van der Waals surface area contributed by atoms with Crippen molar-refractivity contribution in [3.63, 3.8) is 0 Å². The molecule has 0 saturated carbocycles. The van der Waals surface area contributed by atoms with Gasteiger partial charge in [-0.1, -0.05) is 0 Å². The standard InChI is InChI=1S/C14H21N3O3/c1-9-6-17(7-11(8-18)20-9)13-4-3-10(5-12(13)15)14(19)16-2/h3-5,9,11,18H,6-8,15H2,1-2H3,(H,16,19). The molecule has 1 aromatic carbocycles. The van der Waals surface area contributed by atoms with Gasteiger partial charge in [-0.05, 0) is 25.1 Å². The first-order valence-corrected chi connectivity index (χ1v) is 6.68. The fourth-order valence-corrected chi connectivity index (χ4v) is 2.47. The van der Waals surface area contributed by atoms with E-state index >= 15 is 0 Å². The first kappa shape index (κ1) is 14.6. The second-order valence-corrected chi connectivity index (χ2v) is 5.01. The average Bonchev–Trinajstić information content (AvgIpc) is 2.45. The summed E-state index contributed by atoms with van der Waals surface area (Å²) in [6.07, 6.45) is -0.185. The summed E-state index contributed by atoms with van der Waals surface area (Å²) in [5.41, 5.74) is 8.01. The smallest absolute Gasteiger partial charge is 0.251 e. The van der Waals surface area contributed by atoms with E-state index in [1.165, 1.54) is 0 Å². The van der Waals surface area contributed by atoms with E-state index in [0.717, 1.165) is 5.69 Å². The van der Waals surface area contributed by atoms with Gasteiger partial charge in [0.1, 0.15) is 0 Å². The molecule has 20 heavy (non-hydrogen) atoms. The molecule has 2 atom stereocenters. The minimum atomic E-state index is -0.211. The highest BCUT2D eigenvalue weighted by Gasteiger charge is 2.26. The Balaban J connectivity index is 2.22. The van der Waals surface area contributed by atoms with E-state index in [1.54, 1.807) is 19.2 Å². The van der Waals surface area contributed by atoms with Crippen LogP contribution in [0.15, 0.2) is 18.2 Å². The first-order chi connectivity index (χ1) is 9.55. The van der Waals surface area contributed by atoms with Crippen LogP contribution in [-0.2, 0) is 4.74 Å². The van der Waals surface area contributed by atoms with Crippen molar-refractivity contribution in [2.45, 2.75) is 19.1 Å². The van der Waals surface area contributed by atoms with Crippen LogP contribution in [0.1, 0.15) is 17.3 Å². The maximum absolute atomic E-state index is 11.6. The number of nitrogens with zero attached hydrogens (tertiary/aromatic N) is 1. The molecule has 110 valence electrons. The highest BCUT2D eigenvalue weighted by molar-refractivity contribution is 5.96. The van der Waals surface area contributed by atoms with Crippen LogP contribution in [0.2, 0.25) is 0 Å². The van der Waals surface area contributed by atoms with Gasteiger partial charge in [0, 0.05) is 25.7 Å². The molecule has 0 aromatic heterocycles. The molecule has 0 spiro atoms. The molecule has 1 saturated heterocycles. The van der Waals surface area contributed by atoms with Gasteiger partial charge < -0.3 is 25.8 Å². The number of aliphatic hydroxyl groups is 1. The van der Waals surface area contributed by atoms with Crippen molar-refractivity contribution in [2.75, 3.05) is 37.4 Å². The molecule has 0 radical (unpaired) electrons. The van der Waals surface area contributed by atoms with Gasteiger partial charge in [0.25, 0.3) is 5.91 Å². The molecule has 1 heterocycles. The molecule has 1 amide bonds. The molecular weight excluding hydrogens is 258 g/mol. The molecule has 1 aromatic rings. The predicted octanol–water partition coefficient (Wildman–Crippen LogP) is 0.214. The quantitative estimate of drug-likeness (QED) is 0.689. The summed E-state index contributed by atoms with van der Waals surface area (Å²) in [5.74, 6) is -0.160. The lowest BCUT2D eigenvalue weighted by Gasteiger charge is -2.38. The number of carbonyl (C=O) groups is 1. The third kappa shape index (κ3) is 3.02. The predicted molar refractivity (Wildman–Crippen MR) is 77.9 cm³/mol. The van der Waals surface area contributed by atoms with Gasteiger partial charge in [-0.15, -0.1) is 0 Å². The van der Waals surface area contributed by atoms with Gasteiger partial charge in [0.15, 0.2) is 0 Å². The number of nitrogens with two attached hydrogens (primary N) is 1. The van der Waals surface area contributed by atoms with E-state index in [2.05, 4.69) is 10.2 Å². The topological polar surface area (TPSA) is 87.8 Å². The van der Waals surface area contributed by atoms with Crippen molar-refractivity contribution in [3.8, 4) is 0 Å². The molecule has 0 bridgehead atoms. The molecular formula is C14H21N3O3. The van der Waals surface area contributed by atoms with Crippen molar-refractivity contribution in [3.05, 3.63) is 23.8 Å². The number of rotatable bonds is 3. The van der Waals surface area contributed by atoms with Gasteiger partial charge in [-0.2, -0.15) is 0 Å². The van der Waals surface area contributed by atoms with Gasteiger partial charge >= 0.3 is 0 Å². The van der Waals surface area contributed by atoms with E-state index in [4.69, 9.17) is 10.5 Å². The zero-order chi connectivity index (χ0) is 14.7. The van der Waals surface area contributed by atoms with Crippen LogP contribution < -0.4 is 16.0 Å². The lowest BCUT2D eigenvalue weighted by molar-refractivity contribution is -0.0420. The number of hydrogen-bond donors (Lipinski definition) is 3. The zero-order valence-electron chi connectivity index (χ0n) is 11.8. The number of nitrogen functional groups attached to an aromatic ring is 1. The fourth-order valence-electron chi connectivity index (χ4n) is 2.47. The third-order valence-corrected chi connectivity index (χ3v) is 3.39. The van der Waals surface area contributed by atoms with Gasteiger partial charge in [-0.3, -0.25) is 4.79 Å². The lowest BCUT2D eigenvalue weighted by Crippen LogP contribution is -2.48. The lowest BCUT2D eigenvalue weighted by atomic mass is 10.1. The van der Waals surface area contributed by atoms with Crippen molar-refractivity contribution in [1.82, 2.24) is 5.32 Å². The maximum atomic E-state index is 11.6. The van der Waals surface area contributed by atoms with Crippen LogP contribution in [0.5, 0.6) is 0 Å². The highest BCUT2D eigenvalue weighted by Crippen LogP contribution is 2.27. The Kier molecular flexibility index (Phi) is 4.46. The summed E-state index contributed by atoms with van der Waals surface area (Å²) in [5, 5.41) is 11.8. The summed E-state index contributed by atoms with van der Waals surface area (Å²) in [6, 6.07) is 5.26. The normalized spacial score (nSPS) is 22.6. The maximum Gasteiger partial charge on any atom is 0.251 e. The van der Waals surface area contributed by atoms with Gasteiger partial charge in [-0.25, -0.2) is 0 Å². The van der Waals surface area contributed by atoms with Crippen LogP contribution in [-0.4, -0.2) is 50.0 Å². The molecule has 6 heteroatoms. The number of anilines is 2. The Morgan fingerprint density at radius 2 is 2.30 bits per heavy atom. The van der Waals surface area contributed by atoms with Crippen LogP contribution in [0, 0.1) is 0 Å². The summed E-state index contributed by atoms with van der Waals surface area (Å²) < 4.78 is 5.61. The van der Waals surface area contributed by atoms with E-state index < -0.39 is 0 Å². The monoisotopic (exact) mass is 279 g/mol. The molecule has 4 N–H and O–H groups in total. The van der Waals surface area contributed by atoms with Crippen molar-refractivity contribution >= 4 is 17.3 Å². The zero-order valence-corrected chi connectivity index (χ0v) is 11.8. The molecule has 6 nitrogen and oxygen atoms in total. The minimum Gasteiger partial charge on any atom is -0.397 e. The van der Waals surface area contributed by atoms with Crippen LogP contribution in [0.4, 0.5) is 11.4 Å². The number of carbonyl (C=O) groups excluding carboxylic acids is 1. The van der Waals surface area contributed by atoms with E-state index in [0.29, 0.717) is 24.3 Å². The summed E-state index contributed by atoms with van der Waals surface area (Å²) >= 11 is 0. The van der Waals surface area contributed by atoms with E-state index in [1.807, 2.05) is 13.0 Å². The first-order valence-electron chi connectivity index (χ1n) is 6.68. The Labute approximate surface area is 118 Å². The molecule has 2 unspecified atom stereocenters.